The van der Waals surface area contributed by atoms with Gasteiger partial charge in [0.15, 0.2) is 0 Å². The van der Waals surface area contributed by atoms with Crippen LogP contribution in [0.15, 0.2) is 48.5 Å². The molecule has 0 nitrogen and oxygen atoms in total. The number of hydrogen-bond donors (Lipinski definition) is 0. The van der Waals surface area contributed by atoms with Gasteiger partial charge in [-0.1, -0.05) is 106 Å². The molecule has 2 aliphatic rings. The standard InChI is InChI=1S/C27H39FSi2/c1-2-17-29-18-15-27(16-19-29)30-20-13-23(14-21-30)4-3-22-5-7-24(8-6-22)25-9-11-26(28)12-10-25/h5-12,23,27,29-30H,2-4,13-21H2,1H3/t23-,27?,29?,30-. The maximum Gasteiger partial charge on any atom is 0.123 e. The highest BCUT2D eigenvalue weighted by atomic mass is 28.3. The Bertz CT molecular complexity index is 754. The van der Waals surface area contributed by atoms with Crippen molar-refractivity contribution < 1.29 is 4.39 Å². The first-order chi connectivity index (χ1) is 14.7. The van der Waals surface area contributed by atoms with Crippen LogP contribution in [0.5, 0.6) is 0 Å². The van der Waals surface area contributed by atoms with Crippen LogP contribution in [0.3, 0.4) is 0 Å². The van der Waals surface area contributed by atoms with Crippen molar-refractivity contribution in [2.45, 2.75) is 87.6 Å². The fourth-order valence-electron chi connectivity index (χ4n) is 6.18. The molecule has 4 rings (SSSR count). The molecule has 0 spiro atoms. The SMILES string of the molecule is CCC[SiH]1CCC([Si@H]2CC[C@H](CCc3ccc(-c4ccc(F)cc4)cc3)CC2)CC1. The average molecular weight is 439 g/mol. The summed E-state index contributed by atoms with van der Waals surface area (Å²) in [6.07, 6.45) is 10.4. The maximum absolute atomic E-state index is 13.1. The lowest BCUT2D eigenvalue weighted by Crippen LogP contribution is -2.31. The lowest BCUT2D eigenvalue weighted by molar-refractivity contribution is 0.433. The van der Waals surface area contributed by atoms with Gasteiger partial charge in [0.25, 0.3) is 0 Å². The van der Waals surface area contributed by atoms with Crippen LogP contribution in [0.1, 0.15) is 51.0 Å². The number of aryl methyl sites for hydroxylation is 1. The Kier molecular flexibility index (Phi) is 8.00. The van der Waals surface area contributed by atoms with E-state index in [0.717, 1.165) is 11.5 Å². The molecule has 0 radical (unpaired) electrons. The van der Waals surface area contributed by atoms with Crippen LogP contribution in [0.4, 0.5) is 4.39 Å². The molecule has 0 saturated carbocycles. The van der Waals surface area contributed by atoms with Crippen molar-refractivity contribution in [1.82, 2.24) is 0 Å². The highest BCUT2D eigenvalue weighted by Gasteiger charge is 2.31. The molecule has 30 heavy (non-hydrogen) atoms. The van der Waals surface area contributed by atoms with Gasteiger partial charge in [-0.3, -0.25) is 0 Å². The summed E-state index contributed by atoms with van der Waals surface area (Å²) >= 11 is 0. The topological polar surface area (TPSA) is 0 Å². The van der Waals surface area contributed by atoms with Crippen molar-refractivity contribution in [1.29, 1.82) is 0 Å². The molecule has 0 N–H and O–H groups in total. The quantitative estimate of drug-likeness (QED) is 0.386. The van der Waals surface area contributed by atoms with Crippen LogP contribution in [-0.2, 0) is 6.42 Å². The molecule has 2 fully saturated rings. The number of rotatable bonds is 7. The van der Waals surface area contributed by atoms with Gasteiger partial charge in [-0.15, -0.1) is 0 Å². The van der Waals surface area contributed by atoms with Gasteiger partial charge < -0.3 is 0 Å². The molecular formula is C27H39FSi2. The van der Waals surface area contributed by atoms with Crippen LogP contribution in [0.25, 0.3) is 11.1 Å². The van der Waals surface area contributed by atoms with E-state index in [1.54, 1.807) is 55.2 Å². The molecule has 2 aromatic carbocycles. The molecule has 0 aliphatic carbocycles. The lowest BCUT2D eigenvalue weighted by atomic mass is 9.93. The van der Waals surface area contributed by atoms with Crippen molar-refractivity contribution in [3.05, 3.63) is 59.9 Å². The Balaban J connectivity index is 1.19. The van der Waals surface area contributed by atoms with Crippen LogP contribution < -0.4 is 0 Å². The van der Waals surface area contributed by atoms with E-state index in [-0.39, 0.29) is 14.6 Å². The molecule has 0 amide bonds. The van der Waals surface area contributed by atoms with E-state index in [4.69, 9.17) is 0 Å². The minimum Gasteiger partial charge on any atom is -0.207 e. The van der Waals surface area contributed by atoms with E-state index < -0.39 is 8.80 Å². The summed E-state index contributed by atoms with van der Waals surface area (Å²) in [6.45, 7) is 2.38. The van der Waals surface area contributed by atoms with Crippen molar-refractivity contribution in [3.8, 4) is 11.1 Å². The average Bonchev–Trinajstić information content (AvgIpc) is 2.80. The molecule has 2 aliphatic heterocycles. The van der Waals surface area contributed by atoms with E-state index in [1.165, 1.54) is 48.8 Å². The molecule has 0 atom stereocenters. The molecule has 2 aromatic rings. The number of halogens is 1. The van der Waals surface area contributed by atoms with Crippen LogP contribution >= 0.6 is 0 Å². The van der Waals surface area contributed by atoms with Gasteiger partial charge in [0, 0.05) is 17.6 Å². The van der Waals surface area contributed by atoms with E-state index in [0.29, 0.717) is 0 Å². The van der Waals surface area contributed by atoms with Gasteiger partial charge in [-0.05, 0) is 53.1 Å². The monoisotopic (exact) mass is 438 g/mol. The predicted molar refractivity (Wildman–Crippen MR) is 134 cm³/mol. The fraction of sp³-hybridized carbons (Fsp3) is 0.556. The van der Waals surface area contributed by atoms with Gasteiger partial charge >= 0.3 is 0 Å². The molecule has 0 bridgehead atoms. The Labute approximate surface area is 186 Å². The van der Waals surface area contributed by atoms with Crippen molar-refractivity contribution in [2.75, 3.05) is 0 Å². The Hall–Kier alpha value is -1.20. The summed E-state index contributed by atoms with van der Waals surface area (Å²) in [6, 6.07) is 24.0. The largest absolute Gasteiger partial charge is 0.207 e. The normalized spacial score (nSPS) is 27.1. The minimum absolute atomic E-state index is 0.167. The zero-order valence-electron chi connectivity index (χ0n) is 18.8. The van der Waals surface area contributed by atoms with Gasteiger partial charge in [0.1, 0.15) is 5.82 Å². The Morgan fingerprint density at radius 3 is 2.00 bits per heavy atom. The second kappa shape index (κ2) is 10.9. The maximum atomic E-state index is 13.1. The summed E-state index contributed by atoms with van der Waals surface area (Å²) in [5.74, 6) is 0.801. The van der Waals surface area contributed by atoms with Crippen molar-refractivity contribution in [2.24, 2.45) is 5.92 Å². The molecule has 0 aromatic heterocycles. The third kappa shape index (κ3) is 5.94. The van der Waals surface area contributed by atoms with E-state index in [2.05, 4.69) is 31.2 Å². The van der Waals surface area contributed by atoms with Crippen LogP contribution in [-0.4, -0.2) is 17.6 Å². The molecule has 162 valence electrons. The second-order valence-corrected chi connectivity index (χ2v) is 17.2. The van der Waals surface area contributed by atoms with Gasteiger partial charge in [-0.2, -0.15) is 0 Å². The smallest absolute Gasteiger partial charge is 0.123 e. The molecule has 0 unspecified atom stereocenters. The van der Waals surface area contributed by atoms with E-state index >= 15 is 0 Å². The first kappa shape index (κ1) is 22.0. The Morgan fingerprint density at radius 1 is 0.800 bits per heavy atom. The predicted octanol–water partition coefficient (Wildman–Crippen LogP) is 7.86. The first-order valence-corrected chi connectivity index (χ1v) is 17.3. The summed E-state index contributed by atoms with van der Waals surface area (Å²) in [4.78, 5) is 0. The number of benzene rings is 2. The molecule has 2 heterocycles. The van der Waals surface area contributed by atoms with Gasteiger partial charge in [0.05, 0.1) is 0 Å². The number of hydrogen-bond acceptors (Lipinski definition) is 0. The van der Waals surface area contributed by atoms with Crippen molar-refractivity contribution in [3.63, 3.8) is 0 Å². The highest BCUT2D eigenvalue weighted by molar-refractivity contribution is 6.63. The second-order valence-electron chi connectivity index (χ2n) is 10.1. The van der Waals surface area contributed by atoms with Crippen LogP contribution in [0.2, 0.25) is 35.8 Å². The summed E-state index contributed by atoms with van der Waals surface area (Å²) in [7, 11) is -0.740. The summed E-state index contributed by atoms with van der Waals surface area (Å²) in [5.41, 5.74) is 4.95. The summed E-state index contributed by atoms with van der Waals surface area (Å²) in [5, 5.41) is 0. The fourth-order valence-corrected chi connectivity index (χ4v) is 14.8. The molecule has 2 saturated heterocycles. The Morgan fingerprint density at radius 2 is 1.40 bits per heavy atom. The van der Waals surface area contributed by atoms with Crippen LogP contribution in [0, 0.1) is 11.7 Å². The van der Waals surface area contributed by atoms with E-state index in [9.17, 15) is 4.39 Å². The third-order valence-electron chi connectivity index (χ3n) is 8.12. The molecule has 3 heteroatoms. The molecular weight excluding hydrogens is 399 g/mol. The first-order valence-electron chi connectivity index (χ1n) is 12.6. The minimum atomic E-state index is -0.442. The van der Waals surface area contributed by atoms with Gasteiger partial charge in [0.2, 0.25) is 0 Å². The van der Waals surface area contributed by atoms with Crippen molar-refractivity contribution >= 4 is 17.6 Å². The zero-order valence-corrected chi connectivity index (χ0v) is 21.1. The van der Waals surface area contributed by atoms with Gasteiger partial charge in [-0.25, -0.2) is 4.39 Å². The lowest BCUT2D eigenvalue weighted by Gasteiger charge is -2.36. The third-order valence-corrected chi connectivity index (χ3v) is 16.0. The zero-order chi connectivity index (χ0) is 20.8. The van der Waals surface area contributed by atoms with E-state index in [1.807, 2.05) is 12.1 Å². The summed E-state index contributed by atoms with van der Waals surface area (Å²) < 4.78 is 13.1. The highest BCUT2D eigenvalue weighted by Crippen LogP contribution is 2.41.